The highest BCUT2D eigenvalue weighted by atomic mass is 16.5. The van der Waals surface area contributed by atoms with Crippen molar-refractivity contribution >= 4 is 17.1 Å². The van der Waals surface area contributed by atoms with E-state index in [0.717, 1.165) is 18.7 Å². The van der Waals surface area contributed by atoms with Crippen molar-refractivity contribution < 1.29 is 4.74 Å². The fourth-order valence-electron chi connectivity index (χ4n) is 1.80. The molecular formula is C14H15N5O. The van der Waals surface area contributed by atoms with Crippen molar-refractivity contribution in [1.82, 2.24) is 19.9 Å². The van der Waals surface area contributed by atoms with E-state index in [4.69, 9.17) is 4.74 Å². The third kappa shape index (κ3) is 2.54. The SMILES string of the molecule is CCCNc1nc(Oc2ccccc2)c2[nH]cnc2n1. The van der Waals surface area contributed by atoms with Gasteiger partial charge in [0.2, 0.25) is 5.95 Å². The van der Waals surface area contributed by atoms with Crippen LogP contribution in [0.15, 0.2) is 36.7 Å². The van der Waals surface area contributed by atoms with E-state index in [9.17, 15) is 0 Å². The molecule has 0 aliphatic rings. The molecule has 102 valence electrons. The Morgan fingerprint density at radius 1 is 1.20 bits per heavy atom. The molecule has 2 heterocycles. The number of ether oxygens (including phenoxy) is 1. The van der Waals surface area contributed by atoms with Gasteiger partial charge in [-0.15, -0.1) is 0 Å². The molecule has 0 spiro atoms. The lowest BCUT2D eigenvalue weighted by atomic mass is 10.3. The van der Waals surface area contributed by atoms with Gasteiger partial charge in [0.25, 0.3) is 5.88 Å². The van der Waals surface area contributed by atoms with Gasteiger partial charge in [-0.2, -0.15) is 9.97 Å². The second-order valence-corrected chi connectivity index (χ2v) is 4.30. The number of para-hydroxylation sites is 1. The van der Waals surface area contributed by atoms with Crippen LogP contribution in [-0.4, -0.2) is 26.5 Å². The van der Waals surface area contributed by atoms with Gasteiger partial charge in [0, 0.05) is 6.54 Å². The summed E-state index contributed by atoms with van der Waals surface area (Å²) in [5, 5.41) is 3.15. The average Bonchev–Trinajstić information content (AvgIpc) is 2.95. The summed E-state index contributed by atoms with van der Waals surface area (Å²) in [5.41, 5.74) is 1.28. The third-order valence-corrected chi connectivity index (χ3v) is 2.74. The Bertz CT molecular complexity index is 695. The molecule has 3 aromatic rings. The molecule has 3 rings (SSSR count). The molecule has 0 aliphatic heterocycles. The first-order chi connectivity index (χ1) is 9.86. The van der Waals surface area contributed by atoms with Crippen LogP contribution in [0.25, 0.3) is 11.2 Å². The molecule has 6 heteroatoms. The summed E-state index contributed by atoms with van der Waals surface area (Å²) >= 11 is 0. The molecule has 0 saturated carbocycles. The summed E-state index contributed by atoms with van der Waals surface area (Å²) in [4.78, 5) is 15.9. The zero-order valence-electron chi connectivity index (χ0n) is 11.1. The van der Waals surface area contributed by atoms with Crippen LogP contribution in [-0.2, 0) is 0 Å². The Hall–Kier alpha value is -2.63. The van der Waals surface area contributed by atoms with Crippen LogP contribution < -0.4 is 10.1 Å². The molecule has 20 heavy (non-hydrogen) atoms. The van der Waals surface area contributed by atoms with Crippen LogP contribution in [0.5, 0.6) is 11.6 Å². The molecule has 0 bridgehead atoms. The molecule has 2 N–H and O–H groups in total. The molecule has 0 aliphatic carbocycles. The van der Waals surface area contributed by atoms with E-state index in [0.29, 0.717) is 23.0 Å². The van der Waals surface area contributed by atoms with Gasteiger partial charge in [-0.1, -0.05) is 25.1 Å². The van der Waals surface area contributed by atoms with E-state index in [-0.39, 0.29) is 0 Å². The number of benzene rings is 1. The van der Waals surface area contributed by atoms with Crippen LogP contribution in [0.2, 0.25) is 0 Å². The number of hydrogen-bond donors (Lipinski definition) is 2. The van der Waals surface area contributed by atoms with Gasteiger partial charge in [0.1, 0.15) is 11.3 Å². The zero-order chi connectivity index (χ0) is 13.8. The van der Waals surface area contributed by atoms with Crippen LogP contribution in [0, 0.1) is 0 Å². The number of aromatic amines is 1. The molecule has 0 atom stereocenters. The number of H-pyrrole nitrogens is 1. The van der Waals surface area contributed by atoms with Crippen molar-refractivity contribution in [1.29, 1.82) is 0 Å². The Labute approximate surface area is 116 Å². The van der Waals surface area contributed by atoms with Crippen molar-refractivity contribution in [2.75, 3.05) is 11.9 Å². The van der Waals surface area contributed by atoms with E-state index in [1.807, 2.05) is 30.3 Å². The van der Waals surface area contributed by atoms with Crippen molar-refractivity contribution in [2.24, 2.45) is 0 Å². The lowest BCUT2D eigenvalue weighted by Gasteiger charge is -2.08. The van der Waals surface area contributed by atoms with Crippen LogP contribution in [0.1, 0.15) is 13.3 Å². The number of nitrogens with zero attached hydrogens (tertiary/aromatic N) is 3. The minimum absolute atomic E-state index is 0.470. The number of fused-ring (bicyclic) bond motifs is 1. The highest BCUT2D eigenvalue weighted by Gasteiger charge is 2.11. The van der Waals surface area contributed by atoms with E-state index in [2.05, 4.69) is 32.2 Å². The maximum atomic E-state index is 5.81. The highest BCUT2D eigenvalue weighted by Crippen LogP contribution is 2.26. The van der Waals surface area contributed by atoms with Gasteiger partial charge in [-0.05, 0) is 18.6 Å². The first kappa shape index (κ1) is 12.4. The van der Waals surface area contributed by atoms with Gasteiger partial charge < -0.3 is 15.0 Å². The Balaban J connectivity index is 1.97. The normalized spacial score (nSPS) is 10.7. The molecule has 1 aromatic carbocycles. The summed E-state index contributed by atoms with van der Waals surface area (Å²) in [6.45, 7) is 2.89. The summed E-state index contributed by atoms with van der Waals surface area (Å²) < 4.78 is 5.81. The minimum atomic E-state index is 0.470. The zero-order valence-corrected chi connectivity index (χ0v) is 11.1. The molecule has 0 amide bonds. The smallest absolute Gasteiger partial charge is 0.250 e. The quantitative estimate of drug-likeness (QED) is 0.744. The number of imidazole rings is 1. The van der Waals surface area contributed by atoms with E-state index >= 15 is 0 Å². The summed E-state index contributed by atoms with van der Waals surface area (Å²) in [6.07, 6.45) is 2.58. The highest BCUT2D eigenvalue weighted by molar-refractivity contribution is 5.77. The second kappa shape index (κ2) is 5.56. The van der Waals surface area contributed by atoms with Crippen molar-refractivity contribution in [3.63, 3.8) is 0 Å². The topological polar surface area (TPSA) is 75.7 Å². The van der Waals surface area contributed by atoms with Gasteiger partial charge in [-0.3, -0.25) is 0 Å². The van der Waals surface area contributed by atoms with Gasteiger partial charge in [0.05, 0.1) is 6.33 Å². The number of hydrogen-bond acceptors (Lipinski definition) is 5. The first-order valence-corrected chi connectivity index (χ1v) is 6.54. The predicted molar refractivity (Wildman–Crippen MR) is 77.0 cm³/mol. The van der Waals surface area contributed by atoms with Gasteiger partial charge >= 0.3 is 0 Å². The van der Waals surface area contributed by atoms with Gasteiger partial charge in [0.15, 0.2) is 5.65 Å². The largest absolute Gasteiger partial charge is 0.437 e. The molecule has 0 radical (unpaired) electrons. The van der Waals surface area contributed by atoms with Crippen molar-refractivity contribution in [3.8, 4) is 11.6 Å². The fraction of sp³-hybridized carbons (Fsp3) is 0.214. The fourth-order valence-corrected chi connectivity index (χ4v) is 1.80. The summed E-state index contributed by atoms with van der Waals surface area (Å²) in [5.74, 6) is 1.72. The molecule has 0 saturated heterocycles. The maximum absolute atomic E-state index is 5.81. The van der Waals surface area contributed by atoms with Crippen LogP contribution in [0.3, 0.4) is 0 Å². The Morgan fingerprint density at radius 3 is 2.85 bits per heavy atom. The standard InChI is InChI=1S/C14H15N5O/c1-2-8-15-14-18-12-11(16-9-17-12)13(19-14)20-10-6-4-3-5-7-10/h3-7,9H,2,8H2,1H3,(H2,15,16,17,18,19). The molecule has 0 unspecified atom stereocenters. The lowest BCUT2D eigenvalue weighted by molar-refractivity contribution is 0.468. The second-order valence-electron chi connectivity index (χ2n) is 4.30. The average molecular weight is 269 g/mol. The first-order valence-electron chi connectivity index (χ1n) is 6.54. The number of rotatable bonds is 5. The third-order valence-electron chi connectivity index (χ3n) is 2.74. The van der Waals surface area contributed by atoms with Crippen LogP contribution >= 0.6 is 0 Å². The molecular weight excluding hydrogens is 254 g/mol. The van der Waals surface area contributed by atoms with E-state index < -0.39 is 0 Å². The predicted octanol–water partition coefficient (Wildman–Crippen LogP) is 2.97. The maximum Gasteiger partial charge on any atom is 0.250 e. The van der Waals surface area contributed by atoms with Crippen molar-refractivity contribution in [3.05, 3.63) is 36.7 Å². The molecule has 0 fully saturated rings. The molecule has 6 nitrogen and oxygen atoms in total. The number of aromatic nitrogens is 4. The number of anilines is 1. The number of nitrogens with one attached hydrogen (secondary N) is 2. The minimum Gasteiger partial charge on any atom is -0.437 e. The Morgan fingerprint density at radius 2 is 2.05 bits per heavy atom. The Kier molecular flexibility index (Phi) is 3.45. The lowest BCUT2D eigenvalue weighted by Crippen LogP contribution is -2.05. The van der Waals surface area contributed by atoms with E-state index in [1.54, 1.807) is 6.33 Å². The summed E-state index contributed by atoms with van der Waals surface area (Å²) in [6, 6.07) is 9.52. The molecule has 2 aromatic heterocycles. The van der Waals surface area contributed by atoms with Crippen molar-refractivity contribution in [2.45, 2.75) is 13.3 Å². The van der Waals surface area contributed by atoms with E-state index in [1.165, 1.54) is 0 Å². The van der Waals surface area contributed by atoms with Gasteiger partial charge in [-0.25, -0.2) is 4.98 Å². The monoisotopic (exact) mass is 269 g/mol. The summed E-state index contributed by atoms with van der Waals surface area (Å²) in [7, 11) is 0. The van der Waals surface area contributed by atoms with Crippen LogP contribution in [0.4, 0.5) is 5.95 Å².